The van der Waals surface area contributed by atoms with Crippen molar-refractivity contribution in [1.82, 2.24) is 4.90 Å². The lowest BCUT2D eigenvalue weighted by atomic mass is 10.0. The van der Waals surface area contributed by atoms with Crippen LogP contribution in [0, 0.1) is 5.92 Å². The van der Waals surface area contributed by atoms with Crippen LogP contribution in [0.4, 0.5) is 5.69 Å². The quantitative estimate of drug-likeness (QED) is 0.815. The molecule has 0 aliphatic rings. The SMILES string of the molecule is CCC(CC)CNc1cccc(CN(C)C(C)=O)c1. The molecule has 0 unspecified atom stereocenters. The van der Waals surface area contributed by atoms with E-state index in [-0.39, 0.29) is 5.91 Å². The van der Waals surface area contributed by atoms with Crippen molar-refractivity contribution in [1.29, 1.82) is 0 Å². The van der Waals surface area contributed by atoms with E-state index in [0.29, 0.717) is 6.54 Å². The topological polar surface area (TPSA) is 32.3 Å². The van der Waals surface area contributed by atoms with Gasteiger partial charge < -0.3 is 10.2 Å². The Morgan fingerprint density at radius 2 is 2.00 bits per heavy atom. The molecule has 0 aliphatic heterocycles. The standard InChI is InChI=1S/C16H26N2O/c1-5-14(6-2)11-17-16-9-7-8-15(10-16)12-18(4)13(3)19/h7-10,14,17H,5-6,11-12H2,1-4H3. The number of amides is 1. The Balaban J connectivity index is 2.59. The number of hydrogen-bond acceptors (Lipinski definition) is 2. The van der Waals surface area contributed by atoms with Crippen molar-refractivity contribution < 1.29 is 4.79 Å². The smallest absolute Gasteiger partial charge is 0.219 e. The molecule has 0 fully saturated rings. The van der Waals surface area contributed by atoms with Crippen LogP contribution in [0.25, 0.3) is 0 Å². The number of carbonyl (C=O) groups is 1. The van der Waals surface area contributed by atoms with Crippen LogP contribution in [-0.4, -0.2) is 24.4 Å². The monoisotopic (exact) mass is 262 g/mol. The first-order valence-electron chi connectivity index (χ1n) is 7.11. The highest BCUT2D eigenvalue weighted by Gasteiger charge is 2.05. The Morgan fingerprint density at radius 1 is 1.32 bits per heavy atom. The van der Waals surface area contributed by atoms with Gasteiger partial charge in [0.05, 0.1) is 0 Å². The van der Waals surface area contributed by atoms with Crippen molar-refractivity contribution in [2.24, 2.45) is 5.92 Å². The molecule has 3 heteroatoms. The molecule has 106 valence electrons. The molecule has 3 nitrogen and oxygen atoms in total. The first kappa shape index (κ1) is 15.5. The first-order valence-corrected chi connectivity index (χ1v) is 7.11. The summed E-state index contributed by atoms with van der Waals surface area (Å²) in [5.74, 6) is 0.818. The van der Waals surface area contributed by atoms with Crippen molar-refractivity contribution in [3.8, 4) is 0 Å². The van der Waals surface area contributed by atoms with Crippen molar-refractivity contribution in [2.75, 3.05) is 18.9 Å². The molecule has 0 saturated carbocycles. The molecule has 0 spiro atoms. The molecule has 1 amide bonds. The minimum atomic E-state index is 0.0930. The zero-order valence-corrected chi connectivity index (χ0v) is 12.6. The van der Waals surface area contributed by atoms with E-state index in [4.69, 9.17) is 0 Å². The van der Waals surface area contributed by atoms with E-state index in [1.165, 1.54) is 12.8 Å². The molecule has 19 heavy (non-hydrogen) atoms. The molecule has 0 bridgehead atoms. The maximum absolute atomic E-state index is 11.2. The maximum Gasteiger partial charge on any atom is 0.219 e. The fraction of sp³-hybridized carbons (Fsp3) is 0.562. The second kappa shape index (κ2) is 7.82. The van der Waals surface area contributed by atoms with Gasteiger partial charge in [-0.3, -0.25) is 4.79 Å². The zero-order chi connectivity index (χ0) is 14.3. The van der Waals surface area contributed by atoms with Crippen molar-refractivity contribution in [2.45, 2.75) is 40.2 Å². The predicted octanol–water partition coefficient (Wildman–Crippen LogP) is 3.51. The van der Waals surface area contributed by atoms with Crippen molar-refractivity contribution in [3.63, 3.8) is 0 Å². The van der Waals surface area contributed by atoms with Crippen LogP contribution >= 0.6 is 0 Å². The number of hydrogen-bond donors (Lipinski definition) is 1. The molecular formula is C16H26N2O. The molecule has 0 atom stereocenters. The van der Waals surface area contributed by atoms with Gasteiger partial charge in [-0.15, -0.1) is 0 Å². The Morgan fingerprint density at radius 3 is 2.58 bits per heavy atom. The fourth-order valence-electron chi connectivity index (χ4n) is 2.00. The van der Waals surface area contributed by atoms with Crippen LogP contribution < -0.4 is 5.32 Å². The van der Waals surface area contributed by atoms with Gasteiger partial charge in [0.2, 0.25) is 5.91 Å². The number of nitrogens with zero attached hydrogens (tertiary/aromatic N) is 1. The molecule has 0 aliphatic carbocycles. The molecule has 1 aromatic rings. The van der Waals surface area contributed by atoms with E-state index in [1.54, 1.807) is 11.8 Å². The summed E-state index contributed by atoms with van der Waals surface area (Å²) in [6.45, 7) is 7.73. The highest BCUT2D eigenvalue weighted by Crippen LogP contribution is 2.14. The Kier molecular flexibility index (Phi) is 6.40. The van der Waals surface area contributed by atoms with Gasteiger partial charge in [-0.1, -0.05) is 38.8 Å². The number of nitrogens with one attached hydrogen (secondary N) is 1. The third-order valence-electron chi connectivity index (χ3n) is 3.63. The first-order chi connectivity index (χ1) is 9.06. The minimum absolute atomic E-state index is 0.0930. The van der Waals surface area contributed by atoms with E-state index in [2.05, 4.69) is 37.4 Å². The van der Waals surface area contributed by atoms with Crippen LogP contribution in [0.5, 0.6) is 0 Å². The Bertz CT molecular complexity index is 399. The largest absolute Gasteiger partial charge is 0.385 e. The average molecular weight is 262 g/mol. The predicted molar refractivity (Wildman–Crippen MR) is 81.2 cm³/mol. The molecule has 0 saturated heterocycles. The van der Waals surface area contributed by atoms with Gasteiger partial charge in [-0.25, -0.2) is 0 Å². The third kappa shape index (κ3) is 5.33. The van der Waals surface area contributed by atoms with E-state index < -0.39 is 0 Å². The van der Waals surface area contributed by atoms with Crippen molar-refractivity contribution >= 4 is 11.6 Å². The zero-order valence-electron chi connectivity index (χ0n) is 12.6. The van der Waals surface area contributed by atoms with Crippen LogP contribution in [-0.2, 0) is 11.3 Å². The van der Waals surface area contributed by atoms with E-state index in [0.717, 1.165) is 23.7 Å². The summed E-state index contributed by atoms with van der Waals surface area (Å²) in [5.41, 5.74) is 2.30. The van der Waals surface area contributed by atoms with Gasteiger partial charge in [-0.2, -0.15) is 0 Å². The number of anilines is 1. The van der Waals surface area contributed by atoms with Crippen LogP contribution in [0.15, 0.2) is 24.3 Å². The third-order valence-corrected chi connectivity index (χ3v) is 3.63. The van der Waals surface area contributed by atoms with Gasteiger partial charge in [-0.05, 0) is 23.6 Å². The lowest BCUT2D eigenvalue weighted by Crippen LogP contribution is -2.23. The summed E-state index contributed by atoms with van der Waals surface area (Å²) in [4.78, 5) is 13.0. The summed E-state index contributed by atoms with van der Waals surface area (Å²) in [5, 5.41) is 3.49. The van der Waals surface area contributed by atoms with Crippen LogP contribution in [0.2, 0.25) is 0 Å². The summed E-state index contributed by atoms with van der Waals surface area (Å²) in [7, 11) is 1.83. The second-order valence-electron chi connectivity index (χ2n) is 5.14. The number of rotatable bonds is 7. The lowest BCUT2D eigenvalue weighted by molar-refractivity contribution is -0.128. The van der Waals surface area contributed by atoms with Crippen LogP contribution in [0.3, 0.4) is 0 Å². The maximum atomic E-state index is 11.2. The average Bonchev–Trinajstić information content (AvgIpc) is 2.40. The fourth-order valence-corrected chi connectivity index (χ4v) is 2.00. The van der Waals surface area contributed by atoms with Crippen molar-refractivity contribution in [3.05, 3.63) is 29.8 Å². The normalized spacial score (nSPS) is 10.6. The molecule has 1 rings (SSSR count). The molecule has 0 heterocycles. The Hall–Kier alpha value is -1.51. The molecule has 0 radical (unpaired) electrons. The number of carbonyl (C=O) groups excluding carboxylic acids is 1. The summed E-state index contributed by atoms with van der Waals surface area (Å²) < 4.78 is 0. The second-order valence-corrected chi connectivity index (χ2v) is 5.14. The summed E-state index contributed by atoms with van der Waals surface area (Å²) >= 11 is 0. The molecule has 1 N–H and O–H groups in total. The highest BCUT2D eigenvalue weighted by atomic mass is 16.2. The molecular weight excluding hydrogens is 236 g/mol. The highest BCUT2D eigenvalue weighted by molar-refractivity contribution is 5.72. The molecule has 1 aromatic carbocycles. The van der Waals surface area contributed by atoms with E-state index in [1.807, 2.05) is 13.1 Å². The van der Waals surface area contributed by atoms with E-state index in [9.17, 15) is 4.79 Å². The van der Waals surface area contributed by atoms with Gasteiger partial charge >= 0.3 is 0 Å². The number of benzene rings is 1. The molecule has 0 aromatic heterocycles. The van der Waals surface area contributed by atoms with Gasteiger partial charge in [0.25, 0.3) is 0 Å². The Labute approximate surface area is 117 Å². The van der Waals surface area contributed by atoms with E-state index >= 15 is 0 Å². The van der Waals surface area contributed by atoms with Crippen LogP contribution in [0.1, 0.15) is 39.2 Å². The van der Waals surface area contributed by atoms with Gasteiger partial charge in [0, 0.05) is 32.7 Å². The van der Waals surface area contributed by atoms with Gasteiger partial charge in [0.15, 0.2) is 0 Å². The van der Waals surface area contributed by atoms with Gasteiger partial charge in [0.1, 0.15) is 0 Å². The minimum Gasteiger partial charge on any atom is -0.385 e. The summed E-state index contributed by atoms with van der Waals surface area (Å²) in [6, 6.07) is 8.31. The lowest BCUT2D eigenvalue weighted by Gasteiger charge is -2.17. The summed E-state index contributed by atoms with van der Waals surface area (Å²) in [6.07, 6.45) is 2.41.